The molecule has 0 aromatic carbocycles. The molecule has 0 fully saturated rings. The Hall–Kier alpha value is -0.700. The monoisotopic (exact) mass is 163 g/mol. The van der Waals surface area contributed by atoms with Crippen molar-refractivity contribution in [3.8, 4) is 12.3 Å². The minimum Gasteiger partial charge on any atom is -0.338 e. The fraction of sp³-hybridized carbons (Fsp3) is 0.583. The Morgan fingerprint density at radius 3 is 2.17 bits per heavy atom. The quantitative estimate of drug-likeness (QED) is 0.441. The van der Waals surface area contributed by atoms with Crippen molar-refractivity contribution in [2.45, 2.75) is 34.1 Å². The first kappa shape index (κ1) is 11.3. The normalized spacial score (nSPS) is 13.3. The first-order valence-corrected chi connectivity index (χ1v) is 4.26. The Morgan fingerprint density at radius 1 is 1.33 bits per heavy atom. The standard InChI is InChI=1S/C12H19/c1-7-8-9-12(5,6)10-11(2,3)4/h1,8-9H,2,10H2,3-6H3/q-1/b9-8-. The Balaban J connectivity index is 4.25. The molecule has 0 amide bonds. The van der Waals surface area contributed by atoms with E-state index in [9.17, 15) is 0 Å². The molecule has 0 radical (unpaired) electrons. The van der Waals surface area contributed by atoms with Gasteiger partial charge in [-0.15, -0.1) is 6.42 Å². The van der Waals surface area contributed by atoms with E-state index in [-0.39, 0.29) is 10.8 Å². The average Bonchev–Trinajstić information content (AvgIpc) is 1.78. The van der Waals surface area contributed by atoms with Gasteiger partial charge in [-0.25, -0.2) is 0 Å². The molecule has 68 valence electrons. The molecule has 0 rings (SSSR count). The Bertz CT molecular complexity index is 193. The highest BCUT2D eigenvalue weighted by Gasteiger charge is 2.18. The Morgan fingerprint density at radius 2 is 1.83 bits per heavy atom. The van der Waals surface area contributed by atoms with Gasteiger partial charge in [-0.05, 0) is 11.5 Å². The van der Waals surface area contributed by atoms with E-state index in [2.05, 4.69) is 46.6 Å². The summed E-state index contributed by atoms with van der Waals surface area (Å²) in [5, 5.41) is 0. The second kappa shape index (κ2) is 3.81. The van der Waals surface area contributed by atoms with Gasteiger partial charge in [-0.2, -0.15) is 5.41 Å². The summed E-state index contributed by atoms with van der Waals surface area (Å²) in [4.78, 5) is 0. The van der Waals surface area contributed by atoms with Crippen LogP contribution >= 0.6 is 0 Å². The molecule has 0 heteroatoms. The van der Waals surface area contributed by atoms with E-state index < -0.39 is 0 Å². The third-order valence-electron chi connectivity index (χ3n) is 1.56. The van der Waals surface area contributed by atoms with Gasteiger partial charge in [0.25, 0.3) is 0 Å². The summed E-state index contributed by atoms with van der Waals surface area (Å²) in [6.45, 7) is 12.7. The van der Waals surface area contributed by atoms with Crippen LogP contribution in [0, 0.1) is 30.1 Å². The molecule has 0 bridgehead atoms. The minimum atomic E-state index is 0.114. The number of terminal acetylenes is 1. The van der Waals surface area contributed by atoms with Crippen LogP contribution in [-0.4, -0.2) is 0 Å². The van der Waals surface area contributed by atoms with Crippen LogP contribution in [0.1, 0.15) is 34.1 Å². The van der Waals surface area contributed by atoms with Crippen molar-refractivity contribution in [3.63, 3.8) is 0 Å². The minimum absolute atomic E-state index is 0.114. The van der Waals surface area contributed by atoms with Gasteiger partial charge in [0.1, 0.15) is 0 Å². The Labute approximate surface area is 77.1 Å². The molecule has 0 saturated heterocycles. The second-order valence-corrected chi connectivity index (χ2v) is 4.83. The summed E-state index contributed by atoms with van der Waals surface area (Å²) in [5.74, 6) is 2.51. The van der Waals surface area contributed by atoms with Crippen molar-refractivity contribution in [1.82, 2.24) is 0 Å². The van der Waals surface area contributed by atoms with Gasteiger partial charge in [0.05, 0.1) is 0 Å². The zero-order valence-corrected chi connectivity index (χ0v) is 8.65. The highest BCUT2D eigenvalue weighted by Crippen LogP contribution is 2.33. The molecule has 0 saturated carbocycles. The molecule has 0 heterocycles. The summed E-state index contributed by atoms with van der Waals surface area (Å²) < 4.78 is 0. The largest absolute Gasteiger partial charge is 0.338 e. The fourth-order valence-corrected chi connectivity index (χ4v) is 1.57. The molecule has 0 aliphatic heterocycles. The SMILES string of the molecule is C#C/C=C\C(C)(C)CC([CH2-])(C)C. The van der Waals surface area contributed by atoms with Gasteiger partial charge in [-0.1, -0.05) is 46.1 Å². The fourth-order valence-electron chi connectivity index (χ4n) is 1.57. The van der Waals surface area contributed by atoms with Gasteiger partial charge in [0.2, 0.25) is 0 Å². The maximum Gasteiger partial charge on any atom is -0.0156 e. The smallest absolute Gasteiger partial charge is 0.0156 e. The lowest BCUT2D eigenvalue weighted by molar-refractivity contribution is 0.293. The van der Waals surface area contributed by atoms with E-state index in [1.807, 2.05) is 0 Å². The molecule has 12 heavy (non-hydrogen) atoms. The zero-order valence-electron chi connectivity index (χ0n) is 8.65. The van der Waals surface area contributed by atoms with E-state index in [1.165, 1.54) is 0 Å². The van der Waals surface area contributed by atoms with Crippen molar-refractivity contribution in [2.24, 2.45) is 10.8 Å². The molecule has 0 aliphatic carbocycles. The molecule has 0 N–H and O–H groups in total. The van der Waals surface area contributed by atoms with Crippen LogP contribution in [0.3, 0.4) is 0 Å². The van der Waals surface area contributed by atoms with Crippen LogP contribution in [0.5, 0.6) is 0 Å². The molecule has 0 spiro atoms. The first-order chi connectivity index (χ1) is 5.27. The van der Waals surface area contributed by atoms with Crippen molar-refractivity contribution < 1.29 is 0 Å². The van der Waals surface area contributed by atoms with Crippen LogP contribution in [0.15, 0.2) is 12.2 Å². The summed E-state index contributed by atoms with van der Waals surface area (Å²) in [6.07, 6.45) is 10.0. The van der Waals surface area contributed by atoms with Gasteiger partial charge in [-0.3, -0.25) is 0 Å². The lowest BCUT2D eigenvalue weighted by Gasteiger charge is -2.35. The van der Waals surface area contributed by atoms with Gasteiger partial charge in [0.15, 0.2) is 0 Å². The summed E-state index contributed by atoms with van der Waals surface area (Å²) >= 11 is 0. The summed E-state index contributed by atoms with van der Waals surface area (Å²) in [6, 6.07) is 0. The molecule has 0 aliphatic rings. The van der Waals surface area contributed by atoms with E-state index in [4.69, 9.17) is 6.42 Å². The van der Waals surface area contributed by atoms with Crippen LogP contribution in [0.4, 0.5) is 0 Å². The van der Waals surface area contributed by atoms with Crippen LogP contribution < -0.4 is 0 Å². The van der Waals surface area contributed by atoms with Gasteiger partial charge < -0.3 is 6.92 Å². The van der Waals surface area contributed by atoms with Crippen LogP contribution in [0.25, 0.3) is 0 Å². The van der Waals surface area contributed by atoms with Gasteiger partial charge in [0, 0.05) is 0 Å². The highest BCUT2D eigenvalue weighted by molar-refractivity contribution is 5.12. The van der Waals surface area contributed by atoms with Crippen molar-refractivity contribution in [1.29, 1.82) is 0 Å². The van der Waals surface area contributed by atoms with E-state index in [0.717, 1.165) is 6.42 Å². The van der Waals surface area contributed by atoms with Crippen LogP contribution in [0.2, 0.25) is 0 Å². The second-order valence-electron chi connectivity index (χ2n) is 4.83. The maximum absolute atomic E-state index is 5.15. The van der Waals surface area contributed by atoms with E-state index in [1.54, 1.807) is 6.08 Å². The highest BCUT2D eigenvalue weighted by atomic mass is 14.3. The maximum atomic E-state index is 5.15. The lowest BCUT2D eigenvalue weighted by atomic mass is 9.76. The van der Waals surface area contributed by atoms with Crippen molar-refractivity contribution in [3.05, 3.63) is 19.1 Å². The molecule has 0 unspecified atom stereocenters. The molecule has 0 nitrogen and oxygen atoms in total. The molecule has 0 aromatic heterocycles. The number of hydrogen-bond acceptors (Lipinski definition) is 0. The predicted octanol–water partition coefficient (Wildman–Crippen LogP) is 3.45. The average molecular weight is 163 g/mol. The third kappa shape index (κ3) is 6.04. The van der Waals surface area contributed by atoms with Crippen molar-refractivity contribution >= 4 is 0 Å². The number of allylic oxidation sites excluding steroid dienone is 2. The number of hydrogen-bond donors (Lipinski definition) is 0. The number of rotatable bonds is 3. The van der Waals surface area contributed by atoms with E-state index in [0.29, 0.717) is 0 Å². The topological polar surface area (TPSA) is 0 Å². The van der Waals surface area contributed by atoms with E-state index >= 15 is 0 Å². The lowest BCUT2D eigenvalue weighted by Crippen LogP contribution is -2.18. The van der Waals surface area contributed by atoms with Crippen molar-refractivity contribution in [2.75, 3.05) is 0 Å². The predicted molar refractivity (Wildman–Crippen MR) is 55.5 cm³/mol. The zero-order chi connectivity index (χ0) is 9.83. The van der Waals surface area contributed by atoms with Crippen LogP contribution in [-0.2, 0) is 0 Å². The summed E-state index contributed by atoms with van der Waals surface area (Å²) in [5.41, 5.74) is 0.264. The molecular weight excluding hydrogens is 144 g/mol. The molecule has 0 atom stereocenters. The molecule has 0 aromatic rings. The molecular formula is C12H19-. The third-order valence-corrected chi connectivity index (χ3v) is 1.56. The van der Waals surface area contributed by atoms with Gasteiger partial charge >= 0.3 is 0 Å². The first-order valence-electron chi connectivity index (χ1n) is 4.26. The summed E-state index contributed by atoms with van der Waals surface area (Å²) in [7, 11) is 0. The Kier molecular flexibility index (Phi) is 3.58.